The summed E-state index contributed by atoms with van der Waals surface area (Å²) in [4.78, 5) is 11.7. The molecule has 1 aromatic rings. The number of esters is 1. The van der Waals surface area contributed by atoms with Crippen LogP contribution in [0.5, 0.6) is 0 Å². The monoisotopic (exact) mass is 325 g/mol. The first kappa shape index (κ1) is 17.0. The number of rotatable bonds is 5. The second kappa shape index (κ2) is 7.24. The van der Waals surface area contributed by atoms with Gasteiger partial charge < -0.3 is 4.74 Å². The fourth-order valence-corrected chi connectivity index (χ4v) is 4.18. The molecule has 1 aromatic carbocycles. The Hall–Kier alpha value is -1.40. The van der Waals surface area contributed by atoms with Crippen LogP contribution in [-0.4, -0.2) is 38.4 Å². The Labute approximate surface area is 132 Å². The Bertz CT molecular complexity index is 602. The average molecular weight is 325 g/mol. The Balaban J connectivity index is 1.94. The Morgan fingerprint density at radius 3 is 2.36 bits per heavy atom. The lowest BCUT2D eigenvalue weighted by molar-refractivity contribution is -0.149. The lowest BCUT2D eigenvalue weighted by atomic mass is 9.98. The highest BCUT2D eigenvalue weighted by Gasteiger charge is 2.31. The van der Waals surface area contributed by atoms with Crippen molar-refractivity contribution in [2.45, 2.75) is 32.4 Å². The van der Waals surface area contributed by atoms with Crippen molar-refractivity contribution < 1.29 is 17.9 Å². The first-order valence-corrected chi connectivity index (χ1v) is 9.23. The quantitative estimate of drug-likeness (QED) is 0.778. The topological polar surface area (TPSA) is 63.7 Å². The third-order valence-corrected chi connectivity index (χ3v) is 5.79. The second-order valence-electron chi connectivity index (χ2n) is 5.67. The summed E-state index contributed by atoms with van der Waals surface area (Å²) in [5.41, 5.74) is 1.90. The molecule has 5 nitrogen and oxygen atoms in total. The fourth-order valence-electron chi connectivity index (χ4n) is 2.62. The van der Waals surface area contributed by atoms with Crippen molar-refractivity contribution in [1.82, 2.24) is 4.31 Å². The van der Waals surface area contributed by atoms with Crippen LogP contribution in [0.25, 0.3) is 0 Å². The molecule has 0 radical (unpaired) electrons. The molecule has 0 spiro atoms. The van der Waals surface area contributed by atoms with E-state index < -0.39 is 10.0 Å². The van der Waals surface area contributed by atoms with Crippen LogP contribution in [-0.2, 0) is 25.3 Å². The molecule has 0 saturated carbocycles. The standard InChI is InChI=1S/C16H23NO4S/c1-3-21-16(18)15-8-10-17(11-9-15)22(19,20)12-14-6-4-13(2)5-7-14/h4-7,15H,3,8-12H2,1-2H3. The molecular formula is C16H23NO4S. The van der Waals surface area contributed by atoms with Gasteiger partial charge in [0, 0.05) is 13.1 Å². The van der Waals surface area contributed by atoms with Crippen LogP contribution in [0.2, 0.25) is 0 Å². The van der Waals surface area contributed by atoms with E-state index in [0.29, 0.717) is 32.5 Å². The minimum atomic E-state index is -3.33. The van der Waals surface area contributed by atoms with E-state index in [1.165, 1.54) is 4.31 Å². The number of sulfonamides is 1. The molecule has 0 unspecified atom stereocenters. The zero-order valence-corrected chi connectivity index (χ0v) is 13.9. The zero-order chi connectivity index (χ0) is 16.2. The van der Waals surface area contributed by atoms with E-state index in [2.05, 4.69) is 0 Å². The predicted molar refractivity (Wildman–Crippen MR) is 84.7 cm³/mol. The number of ether oxygens (including phenoxy) is 1. The number of hydrogen-bond donors (Lipinski definition) is 0. The number of benzene rings is 1. The largest absolute Gasteiger partial charge is 0.466 e. The molecule has 0 amide bonds. The summed E-state index contributed by atoms with van der Waals surface area (Å²) in [6, 6.07) is 7.52. The molecule has 0 aromatic heterocycles. The van der Waals surface area contributed by atoms with Gasteiger partial charge in [-0.2, -0.15) is 0 Å². The lowest BCUT2D eigenvalue weighted by Crippen LogP contribution is -2.41. The number of carbonyl (C=O) groups is 1. The normalized spacial score (nSPS) is 17.4. The summed E-state index contributed by atoms with van der Waals surface area (Å²) in [6.07, 6.45) is 1.07. The molecule has 0 atom stereocenters. The molecule has 2 rings (SSSR count). The van der Waals surface area contributed by atoms with Crippen molar-refractivity contribution in [3.63, 3.8) is 0 Å². The van der Waals surface area contributed by atoms with Crippen molar-refractivity contribution in [3.8, 4) is 0 Å². The third kappa shape index (κ3) is 4.30. The van der Waals surface area contributed by atoms with E-state index in [9.17, 15) is 13.2 Å². The fraction of sp³-hybridized carbons (Fsp3) is 0.562. The highest BCUT2D eigenvalue weighted by molar-refractivity contribution is 7.88. The highest BCUT2D eigenvalue weighted by atomic mass is 32.2. The van der Waals surface area contributed by atoms with Gasteiger partial charge in [-0.05, 0) is 32.3 Å². The maximum absolute atomic E-state index is 12.5. The van der Waals surface area contributed by atoms with Gasteiger partial charge in [-0.15, -0.1) is 0 Å². The smallest absolute Gasteiger partial charge is 0.309 e. The van der Waals surface area contributed by atoms with Gasteiger partial charge in [0.1, 0.15) is 0 Å². The van der Waals surface area contributed by atoms with Crippen LogP contribution in [0.1, 0.15) is 30.9 Å². The predicted octanol–water partition coefficient (Wildman–Crippen LogP) is 2.10. The molecule has 1 fully saturated rings. The van der Waals surface area contributed by atoms with Gasteiger partial charge in [0.05, 0.1) is 18.3 Å². The average Bonchev–Trinajstić information content (AvgIpc) is 2.50. The number of aryl methyl sites for hydroxylation is 1. The number of carbonyl (C=O) groups excluding carboxylic acids is 1. The van der Waals surface area contributed by atoms with Gasteiger partial charge in [0.15, 0.2) is 0 Å². The van der Waals surface area contributed by atoms with Gasteiger partial charge in [-0.25, -0.2) is 12.7 Å². The summed E-state index contributed by atoms with van der Waals surface area (Å²) in [7, 11) is -3.33. The first-order valence-electron chi connectivity index (χ1n) is 7.62. The van der Waals surface area contributed by atoms with Crippen LogP contribution in [0.3, 0.4) is 0 Å². The van der Waals surface area contributed by atoms with Gasteiger partial charge in [-0.3, -0.25) is 4.79 Å². The molecule has 1 aliphatic rings. The van der Waals surface area contributed by atoms with Gasteiger partial charge in [0.25, 0.3) is 0 Å². The minimum absolute atomic E-state index is 0.0113. The summed E-state index contributed by atoms with van der Waals surface area (Å²) in [6.45, 7) is 4.89. The maximum Gasteiger partial charge on any atom is 0.309 e. The van der Waals surface area contributed by atoms with E-state index in [4.69, 9.17) is 4.74 Å². The van der Waals surface area contributed by atoms with Crippen molar-refractivity contribution in [1.29, 1.82) is 0 Å². The molecule has 0 aliphatic carbocycles. The minimum Gasteiger partial charge on any atom is -0.466 e. The van der Waals surface area contributed by atoms with Crippen molar-refractivity contribution in [2.24, 2.45) is 5.92 Å². The summed E-state index contributed by atoms with van der Waals surface area (Å²) < 4.78 is 31.4. The molecule has 0 N–H and O–H groups in total. The number of nitrogens with zero attached hydrogens (tertiary/aromatic N) is 1. The van der Waals surface area contributed by atoms with Crippen molar-refractivity contribution in [2.75, 3.05) is 19.7 Å². The molecule has 122 valence electrons. The Morgan fingerprint density at radius 1 is 1.23 bits per heavy atom. The second-order valence-corrected chi connectivity index (χ2v) is 7.64. The maximum atomic E-state index is 12.5. The van der Waals surface area contributed by atoms with E-state index in [-0.39, 0.29) is 17.6 Å². The Kier molecular flexibility index (Phi) is 5.58. The first-order chi connectivity index (χ1) is 10.4. The van der Waals surface area contributed by atoms with Gasteiger partial charge in [-0.1, -0.05) is 29.8 Å². The highest BCUT2D eigenvalue weighted by Crippen LogP contribution is 2.22. The van der Waals surface area contributed by atoms with E-state index >= 15 is 0 Å². The van der Waals surface area contributed by atoms with Gasteiger partial charge >= 0.3 is 5.97 Å². The summed E-state index contributed by atoms with van der Waals surface area (Å²) in [5.74, 6) is -0.374. The van der Waals surface area contributed by atoms with Crippen molar-refractivity contribution in [3.05, 3.63) is 35.4 Å². The third-order valence-electron chi connectivity index (χ3n) is 3.94. The molecule has 0 bridgehead atoms. The van der Waals surface area contributed by atoms with Crippen LogP contribution in [0.4, 0.5) is 0 Å². The summed E-state index contributed by atoms with van der Waals surface area (Å²) in [5, 5.41) is 0. The zero-order valence-electron chi connectivity index (χ0n) is 13.1. The van der Waals surface area contributed by atoms with Crippen LogP contribution in [0, 0.1) is 12.8 Å². The van der Waals surface area contributed by atoms with Crippen LogP contribution < -0.4 is 0 Å². The summed E-state index contributed by atoms with van der Waals surface area (Å²) >= 11 is 0. The lowest BCUT2D eigenvalue weighted by Gasteiger charge is -2.30. The molecule has 1 saturated heterocycles. The van der Waals surface area contributed by atoms with Crippen molar-refractivity contribution >= 4 is 16.0 Å². The Morgan fingerprint density at radius 2 is 1.82 bits per heavy atom. The van der Waals surface area contributed by atoms with E-state index in [1.807, 2.05) is 31.2 Å². The number of hydrogen-bond acceptors (Lipinski definition) is 4. The van der Waals surface area contributed by atoms with E-state index in [0.717, 1.165) is 11.1 Å². The molecule has 6 heteroatoms. The van der Waals surface area contributed by atoms with Gasteiger partial charge in [0.2, 0.25) is 10.0 Å². The SMILES string of the molecule is CCOC(=O)C1CCN(S(=O)(=O)Cc2ccc(C)cc2)CC1. The molecular weight excluding hydrogens is 302 g/mol. The molecule has 22 heavy (non-hydrogen) atoms. The van der Waals surface area contributed by atoms with Crippen LogP contribution >= 0.6 is 0 Å². The molecule has 1 heterocycles. The molecule has 1 aliphatic heterocycles. The van der Waals surface area contributed by atoms with E-state index in [1.54, 1.807) is 6.92 Å². The van der Waals surface area contributed by atoms with Crippen LogP contribution in [0.15, 0.2) is 24.3 Å². The number of piperidine rings is 1.